The molecule has 1 fully saturated rings. The summed E-state index contributed by atoms with van der Waals surface area (Å²) in [5.41, 5.74) is 4.04. The number of halogens is 1. The van der Waals surface area contributed by atoms with Gasteiger partial charge < -0.3 is 14.6 Å². The SMILES string of the molecule is O=[N+]([O-])c1cc(-c2ccc(/C=N\Nc3nc(Nc4ccccc4)nc(N4CCCC4)n3)o2)ccc1Cl. The molecule has 182 valence electrons. The minimum atomic E-state index is -0.535. The van der Waals surface area contributed by atoms with Crippen LogP contribution in [0.5, 0.6) is 0 Å². The summed E-state index contributed by atoms with van der Waals surface area (Å²) in [5.74, 6) is 2.14. The van der Waals surface area contributed by atoms with Crippen LogP contribution in [0.25, 0.3) is 11.3 Å². The summed E-state index contributed by atoms with van der Waals surface area (Å²) in [6.45, 7) is 1.77. The van der Waals surface area contributed by atoms with Gasteiger partial charge >= 0.3 is 0 Å². The average Bonchev–Trinajstić information content (AvgIpc) is 3.58. The highest BCUT2D eigenvalue weighted by Crippen LogP contribution is 2.31. The summed E-state index contributed by atoms with van der Waals surface area (Å²) in [6.07, 6.45) is 3.65. The van der Waals surface area contributed by atoms with Gasteiger partial charge in [0.15, 0.2) is 0 Å². The van der Waals surface area contributed by atoms with E-state index in [0.29, 0.717) is 29.0 Å². The van der Waals surface area contributed by atoms with Crippen molar-refractivity contribution in [1.29, 1.82) is 0 Å². The Balaban J connectivity index is 1.33. The van der Waals surface area contributed by atoms with Crippen molar-refractivity contribution in [3.05, 3.63) is 81.6 Å². The number of benzene rings is 2. The number of nitrogens with zero attached hydrogens (tertiary/aromatic N) is 6. The highest BCUT2D eigenvalue weighted by Gasteiger charge is 2.18. The molecule has 0 bridgehead atoms. The largest absolute Gasteiger partial charge is 0.455 e. The van der Waals surface area contributed by atoms with E-state index in [1.165, 1.54) is 18.3 Å². The Bertz CT molecular complexity index is 1400. The molecule has 0 atom stereocenters. The van der Waals surface area contributed by atoms with Crippen LogP contribution >= 0.6 is 11.6 Å². The van der Waals surface area contributed by atoms with Crippen molar-refractivity contribution >= 4 is 47.0 Å². The molecule has 12 heteroatoms. The summed E-state index contributed by atoms with van der Waals surface area (Å²) in [6, 6.07) is 17.5. The molecule has 0 unspecified atom stereocenters. The molecule has 2 aromatic heterocycles. The van der Waals surface area contributed by atoms with Gasteiger partial charge in [0.25, 0.3) is 5.69 Å². The maximum Gasteiger partial charge on any atom is 0.288 e. The standard InChI is InChI=1S/C24H21ClN8O3/c25-19-10-8-16(14-20(19)33(34)35)21-11-9-18(36-21)15-26-31-23-28-22(27-17-6-2-1-3-7-17)29-24(30-23)32-12-4-5-13-32/h1-3,6-11,14-15H,4-5,12-13H2,(H2,27,28,29,30,31)/b26-15-. The number of hydrogen-bond donors (Lipinski definition) is 2. The number of nitro benzene ring substituents is 1. The van der Waals surface area contributed by atoms with E-state index in [2.05, 4.69) is 35.7 Å². The van der Waals surface area contributed by atoms with Gasteiger partial charge in [-0.3, -0.25) is 10.1 Å². The van der Waals surface area contributed by atoms with Crippen LogP contribution in [0.2, 0.25) is 5.02 Å². The molecule has 4 aromatic rings. The Morgan fingerprint density at radius 2 is 1.81 bits per heavy atom. The zero-order valence-electron chi connectivity index (χ0n) is 19.0. The minimum absolute atomic E-state index is 0.0630. The van der Waals surface area contributed by atoms with Crippen LogP contribution in [0.15, 0.2) is 70.2 Å². The first-order valence-corrected chi connectivity index (χ1v) is 11.6. The fourth-order valence-corrected chi connectivity index (χ4v) is 3.90. The number of rotatable bonds is 8. The van der Waals surface area contributed by atoms with Crippen LogP contribution in [-0.2, 0) is 0 Å². The van der Waals surface area contributed by atoms with Gasteiger partial charge in [-0.1, -0.05) is 29.8 Å². The smallest absolute Gasteiger partial charge is 0.288 e. The lowest BCUT2D eigenvalue weighted by atomic mass is 10.1. The van der Waals surface area contributed by atoms with Gasteiger partial charge in [-0.25, -0.2) is 5.43 Å². The zero-order chi connectivity index (χ0) is 24.9. The van der Waals surface area contributed by atoms with E-state index < -0.39 is 4.92 Å². The molecule has 11 nitrogen and oxygen atoms in total. The first-order valence-electron chi connectivity index (χ1n) is 11.2. The third-order valence-corrected chi connectivity index (χ3v) is 5.77. The number of hydrazone groups is 1. The molecule has 36 heavy (non-hydrogen) atoms. The first-order chi connectivity index (χ1) is 17.5. The fourth-order valence-electron chi connectivity index (χ4n) is 3.72. The second-order valence-electron chi connectivity index (χ2n) is 7.96. The average molecular weight is 505 g/mol. The van der Waals surface area contributed by atoms with E-state index in [1.807, 2.05) is 30.3 Å². The summed E-state index contributed by atoms with van der Waals surface area (Å²) in [5, 5.41) is 18.6. The monoisotopic (exact) mass is 504 g/mol. The van der Waals surface area contributed by atoms with E-state index in [4.69, 9.17) is 16.0 Å². The number of furan rings is 1. The topological polar surface area (TPSA) is 135 Å². The van der Waals surface area contributed by atoms with Crippen LogP contribution in [-0.4, -0.2) is 39.2 Å². The maximum absolute atomic E-state index is 11.2. The van der Waals surface area contributed by atoms with Crippen molar-refractivity contribution in [1.82, 2.24) is 15.0 Å². The van der Waals surface area contributed by atoms with Crippen molar-refractivity contribution in [2.24, 2.45) is 5.10 Å². The number of aromatic nitrogens is 3. The quantitative estimate of drug-likeness (QED) is 0.181. The van der Waals surface area contributed by atoms with E-state index in [9.17, 15) is 10.1 Å². The van der Waals surface area contributed by atoms with Crippen molar-refractivity contribution in [2.45, 2.75) is 12.8 Å². The highest BCUT2D eigenvalue weighted by molar-refractivity contribution is 6.32. The molecule has 0 saturated carbocycles. The van der Waals surface area contributed by atoms with Gasteiger partial charge in [-0.05, 0) is 49.2 Å². The molecule has 1 saturated heterocycles. The summed E-state index contributed by atoms with van der Waals surface area (Å²) in [4.78, 5) is 26.2. The van der Waals surface area contributed by atoms with Crippen molar-refractivity contribution in [3.63, 3.8) is 0 Å². The third-order valence-electron chi connectivity index (χ3n) is 5.45. The Morgan fingerprint density at radius 1 is 1.03 bits per heavy atom. The minimum Gasteiger partial charge on any atom is -0.455 e. The second kappa shape index (κ2) is 10.4. The Labute approximate surface area is 211 Å². The lowest BCUT2D eigenvalue weighted by molar-refractivity contribution is -0.384. The van der Waals surface area contributed by atoms with E-state index in [-0.39, 0.29) is 16.7 Å². The Hall–Kier alpha value is -4.51. The number of nitrogens with one attached hydrogen (secondary N) is 2. The predicted molar refractivity (Wildman–Crippen MR) is 138 cm³/mol. The predicted octanol–water partition coefficient (Wildman–Crippen LogP) is 5.48. The van der Waals surface area contributed by atoms with Crippen LogP contribution < -0.4 is 15.6 Å². The van der Waals surface area contributed by atoms with Crippen LogP contribution in [0.3, 0.4) is 0 Å². The van der Waals surface area contributed by atoms with Gasteiger partial charge in [0.1, 0.15) is 16.5 Å². The highest BCUT2D eigenvalue weighted by atomic mass is 35.5. The fraction of sp³-hybridized carbons (Fsp3) is 0.167. The van der Waals surface area contributed by atoms with Crippen molar-refractivity contribution in [3.8, 4) is 11.3 Å². The molecule has 5 rings (SSSR count). The number of anilines is 4. The second-order valence-corrected chi connectivity index (χ2v) is 8.37. The van der Waals surface area contributed by atoms with E-state index in [0.717, 1.165) is 31.6 Å². The maximum atomic E-state index is 11.2. The molecule has 0 radical (unpaired) electrons. The van der Waals surface area contributed by atoms with Gasteiger partial charge in [0.05, 0.1) is 11.1 Å². The molecule has 2 aromatic carbocycles. The Morgan fingerprint density at radius 3 is 2.58 bits per heavy atom. The van der Waals surface area contributed by atoms with Crippen LogP contribution in [0, 0.1) is 10.1 Å². The van der Waals surface area contributed by atoms with Crippen LogP contribution in [0.1, 0.15) is 18.6 Å². The summed E-state index contributed by atoms with van der Waals surface area (Å²) in [7, 11) is 0. The van der Waals surface area contributed by atoms with Gasteiger partial charge in [-0.2, -0.15) is 20.1 Å². The number of para-hydroxylation sites is 1. The molecule has 3 heterocycles. The molecule has 2 N–H and O–H groups in total. The van der Waals surface area contributed by atoms with Crippen LogP contribution in [0.4, 0.5) is 29.2 Å². The van der Waals surface area contributed by atoms with E-state index >= 15 is 0 Å². The van der Waals surface area contributed by atoms with Gasteiger partial charge in [0, 0.05) is 30.4 Å². The number of nitro groups is 1. The lowest BCUT2D eigenvalue weighted by Crippen LogP contribution is -2.21. The van der Waals surface area contributed by atoms with Gasteiger partial charge in [-0.15, -0.1) is 0 Å². The van der Waals surface area contributed by atoms with Crippen molar-refractivity contribution in [2.75, 3.05) is 28.7 Å². The molecule has 0 spiro atoms. The lowest BCUT2D eigenvalue weighted by Gasteiger charge is -2.16. The Kier molecular flexibility index (Phi) is 6.72. The molecule has 0 amide bonds. The normalized spacial score (nSPS) is 13.3. The zero-order valence-corrected chi connectivity index (χ0v) is 19.7. The molecule has 1 aliphatic heterocycles. The number of hydrogen-bond acceptors (Lipinski definition) is 10. The third kappa shape index (κ3) is 5.41. The van der Waals surface area contributed by atoms with Crippen molar-refractivity contribution < 1.29 is 9.34 Å². The molecular formula is C24H21ClN8O3. The molecular weight excluding hydrogens is 484 g/mol. The summed E-state index contributed by atoms with van der Waals surface area (Å²) >= 11 is 5.89. The summed E-state index contributed by atoms with van der Waals surface area (Å²) < 4.78 is 5.76. The van der Waals surface area contributed by atoms with Gasteiger partial charge in [0.2, 0.25) is 17.8 Å². The molecule has 1 aliphatic rings. The molecule has 0 aliphatic carbocycles. The first kappa shape index (κ1) is 23.2. The van der Waals surface area contributed by atoms with E-state index in [1.54, 1.807) is 18.2 Å².